The van der Waals surface area contributed by atoms with Gasteiger partial charge in [0.1, 0.15) is 11.5 Å². The molecule has 0 aliphatic heterocycles. The summed E-state index contributed by atoms with van der Waals surface area (Å²) in [5.74, 6) is 2.94. The van der Waals surface area contributed by atoms with Gasteiger partial charge < -0.3 is 9.73 Å². The van der Waals surface area contributed by atoms with Crippen molar-refractivity contribution < 1.29 is 4.42 Å². The summed E-state index contributed by atoms with van der Waals surface area (Å²) in [7, 11) is 0. The van der Waals surface area contributed by atoms with E-state index in [2.05, 4.69) is 44.0 Å². The fourth-order valence-corrected chi connectivity index (χ4v) is 2.48. The molecule has 0 aromatic carbocycles. The second-order valence-electron chi connectivity index (χ2n) is 6.29. The highest BCUT2D eigenvalue weighted by atomic mass is 16.3. The van der Waals surface area contributed by atoms with E-state index in [1.54, 1.807) is 0 Å². The number of aryl methyl sites for hydroxylation is 1. The number of furan rings is 1. The van der Waals surface area contributed by atoms with Crippen molar-refractivity contribution in [3.63, 3.8) is 0 Å². The highest BCUT2D eigenvalue weighted by Crippen LogP contribution is 2.22. The zero-order valence-electron chi connectivity index (χ0n) is 13.5. The average Bonchev–Trinajstić information content (AvgIpc) is 3.20. The van der Waals surface area contributed by atoms with Gasteiger partial charge in [0.25, 0.3) is 0 Å². The van der Waals surface area contributed by atoms with Crippen molar-refractivity contribution >= 4 is 0 Å². The van der Waals surface area contributed by atoms with Crippen molar-refractivity contribution in [2.75, 3.05) is 13.1 Å². The monoisotopic (exact) mass is 278 g/mol. The third kappa shape index (κ3) is 4.64. The molecule has 1 aliphatic carbocycles. The molecule has 0 spiro atoms. The quantitative estimate of drug-likeness (QED) is 0.746. The Morgan fingerprint density at radius 2 is 2.15 bits per heavy atom. The molecule has 0 amide bonds. The van der Waals surface area contributed by atoms with Crippen molar-refractivity contribution in [2.45, 2.75) is 66.1 Å². The van der Waals surface area contributed by atoms with Gasteiger partial charge in [-0.15, -0.1) is 0 Å². The van der Waals surface area contributed by atoms with Gasteiger partial charge in [-0.2, -0.15) is 0 Å². The Kier molecular flexibility index (Phi) is 5.67. The van der Waals surface area contributed by atoms with Crippen LogP contribution in [0.3, 0.4) is 0 Å². The molecule has 1 atom stereocenters. The summed E-state index contributed by atoms with van der Waals surface area (Å²) >= 11 is 0. The van der Waals surface area contributed by atoms with Gasteiger partial charge in [-0.3, -0.25) is 4.90 Å². The number of hydrogen-bond acceptors (Lipinski definition) is 3. The Hall–Kier alpha value is -0.800. The molecule has 1 heterocycles. The van der Waals surface area contributed by atoms with Crippen LogP contribution in [-0.2, 0) is 13.1 Å². The number of hydrogen-bond donors (Lipinski definition) is 1. The molecule has 20 heavy (non-hydrogen) atoms. The molecule has 0 radical (unpaired) electrons. The number of rotatable bonds is 9. The first-order valence-corrected chi connectivity index (χ1v) is 8.16. The first-order valence-electron chi connectivity index (χ1n) is 8.16. The van der Waals surface area contributed by atoms with Crippen LogP contribution < -0.4 is 5.32 Å². The van der Waals surface area contributed by atoms with Gasteiger partial charge in [0.05, 0.1) is 6.54 Å². The molecule has 1 aromatic heterocycles. The van der Waals surface area contributed by atoms with Crippen molar-refractivity contribution in [3.8, 4) is 0 Å². The normalized spacial score (nSPS) is 16.9. The zero-order valence-corrected chi connectivity index (χ0v) is 13.5. The lowest BCUT2D eigenvalue weighted by Gasteiger charge is -2.22. The summed E-state index contributed by atoms with van der Waals surface area (Å²) in [5.41, 5.74) is 1.33. The van der Waals surface area contributed by atoms with Crippen LogP contribution in [0.2, 0.25) is 0 Å². The molecule has 0 saturated heterocycles. The van der Waals surface area contributed by atoms with E-state index in [1.807, 2.05) is 0 Å². The number of nitrogens with one attached hydrogen (secondary N) is 1. The van der Waals surface area contributed by atoms with Crippen molar-refractivity contribution in [1.29, 1.82) is 0 Å². The smallest absolute Gasteiger partial charge is 0.118 e. The molecule has 1 saturated carbocycles. The van der Waals surface area contributed by atoms with Crippen LogP contribution in [0, 0.1) is 12.8 Å². The third-order valence-corrected chi connectivity index (χ3v) is 4.32. The van der Waals surface area contributed by atoms with Gasteiger partial charge in [-0.05, 0) is 38.3 Å². The third-order valence-electron chi connectivity index (χ3n) is 4.32. The van der Waals surface area contributed by atoms with Crippen LogP contribution in [-0.4, -0.2) is 24.0 Å². The van der Waals surface area contributed by atoms with E-state index in [9.17, 15) is 0 Å². The van der Waals surface area contributed by atoms with Gasteiger partial charge in [-0.1, -0.05) is 27.2 Å². The van der Waals surface area contributed by atoms with Gasteiger partial charge in [-0.25, -0.2) is 0 Å². The maximum atomic E-state index is 5.93. The summed E-state index contributed by atoms with van der Waals surface area (Å²) < 4.78 is 5.93. The molecule has 1 N–H and O–H groups in total. The molecular formula is C17H30N2O. The Morgan fingerprint density at radius 3 is 2.75 bits per heavy atom. The summed E-state index contributed by atoms with van der Waals surface area (Å²) in [6.45, 7) is 13.0. The highest BCUT2D eigenvalue weighted by Gasteiger charge is 2.21. The number of nitrogens with zero attached hydrogens (tertiary/aromatic N) is 1. The fraction of sp³-hybridized carbons (Fsp3) is 0.765. The maximum Gasteiger partial charge on any atom is 0.118 e. The lowest BCUT2D eigenvalue weighted by atomic mass is 10.1. The first-order chi connectivity index (χ1) is 9.62. The molecule has 114 valence electrons. The topological polar surface area (TPSA) is 28.4 Å². The van der Waals surface area contributed by atoms with Crippen LogP contribution in [0.1, 0.15) is 57.1 Å². The van der Waals surface area contributed by atoms with Crippen molar-refractivity contribution in [1.82, 2.24) is 10.2 Å². The maximum absolute atomic E-state index is 5.93. The van der Waals surface area contributed by atoms with E-state index in [0.717, 1.165) is 49.7 Å². The standard InChI is InChI=1S/C17H30N2O/c1-5-13(3)11-19(6-2)12-17-9-15(14(4)20-17)10-18-16-7-8-16/h9,13,16,18H,5-8,10-12H2,1-4H3. The van der Waals surface area contributed by atoms with Gasteiger partial charge in [0.2, 0.25) is 0 Å². The van der Waals surface area contributed by atoms with Crippen LogP contribution in [0.15, 0.2) is 10.5 Å². The molecule has 3 nitrogen and oxygen atoms in total. The van der Waals surface area contributed by atoms with Gasteiger partial charge in [0, 0.05) is 24.7 Å². The second kappa shape index (κ2) is 7.28. The van der Waals surface area contributed by atoms with Gasteiger partial charge >= 0.3 is 0 Å². The Labute approximate surface area is 123 Å². The fourth-order valence-electron chi connectivity index (χ4n) is 2.48. The minimum Gasteiger partial charge on any atom is -0.465 e. The van der Waals surface area contributed by atoms with Gasteiger partial charge in [0.15, 0.2) is 0 Å². The molecule has 0 bridgehead atoms. The van der Waals surface area contributed by atoms with E-state index in [-0.39, 0.29) is 0 Å². The second-order valence-corrected chi connectivity index (χ2v) is 6.29. The van der Waals surface area contributed by atoms with Crippen LogP contribution >= 0.6 is 0 Å². The van der Waals surface area contributed by atoms with E-state index in [1.165, 1.54) is 24.8 Å². The summed E-state index contributed by atoms with van der Waals surface area (Å²) in [5, 5.41) is 3.56. The summed E-state index contributed by atoms with van der Waals surface area (Å²) in [6, 6.07) is 2.99. The van der Waals surface area contributed by atoms with Crippen LogP contribution in [0.4, 0.5) is 0 Å². The SMILES string of the molecule is CCC(C)CN(CC)Cc1cc(CNC2CC2)c(C)o1. The Morgan fingerprint density at radius 1 is 1.40 bits per heavy atom. The van der Waals surface area contributed by atoms with E-state index < -0.39 is 0 Å². The molecule has 1 aliphatic rings. The molecule has 1 aromatic rings. The zero-order chi connectivity index (χ0) is 14.5. The lowest BCUT2D eigenvalue weighted by Crippen LogP contribution is -2.27. The molecule has 2 rings (SSSR count). The minimum absolute atomic E-state index is 0.752. The predicted octanol–water partition coefficient (Wildman–Crippen LogP) is 3.71. The molecule has 1 fully saturated rings. The molecule has 1 unspecified atom stereocenters. The Balaban J connectivity index is 1.88. The molecule has 3 heteroatoms. The average molecular weight is 278 g/mol. The highest BCUT2D eigenvalue weighted by molar-refractivity contribution is 5.21. The van der Waals surface area contributed by atoms with E-state index in [4.69, 9.17) is 4.42 Å². The van der Waals surface area contributed by atoms with Crippen LogP contribution in [0.5, 0.6) is 0 Å². The summed E-state index contributed by atoms with van der Waals surface area (Å²) in [4.78, 5) is 2.48. The minimum atomic E-state index is 0.752. The predicted molar refractivity (Wildman–Crippen MR) is 83.7 cm³/mol. The van der Waals surface area contributed by atoms with Crippen LogP contribution in [0.25, 0.3) is 0 Å². The van der Waals surface area contributed by atoms with Crippen molar-refractivity contribution in [3.05, 3.63) is 23.2 Å². The Bertz CT molecular complexity index is 409. The van der Waals surface area contributed by atoms with E-state index >= 15 is 0 Å². The lowest BCUT2D eigenvalue weighted by molar-refractivity contribution is 0.219. The largest absolute Gasteiger partial charge is 0.465 e. The molecular weight excluding hydrogens is 248 g/mol. The van der Waals surface area contributed by atoms with Crippen molar-refractivity contribution in [2.24, 2.45) is 5.92 Å². The summed E-state index contributed by atoms with van der Waals surface area (Å²) in [6.07, 6.45) is 3.91. The first kappa shape index (κ1) is 15.6. The van der Waals surface area contributed by atoms with E-state index in [0.29, 0.717) is 0 Å².